The molecule has 0 aliphatic rings. The summed E-state index contributed by atoms with van der Waals surface area (Å²) in [6.45, 7) is 6.47. The Morgan fingerprint density at radius 2 is 0.520 bits per heavy atom. The first-order valence-electron chi connectivity index (χ1n) is 31.4. The molecule has 1 unspecified atom stereocenters. The molecule has 0 aromatic carbocycles. The second-order valence-corrected chi connectivity index (χ2v) is 20.6. The number of carbonyl (C=O) groups excluding carboxylic acids is 3. The average molecular weight is 1040 g/mol. The number of hydrogen-bond donors (Lipinski definition) is 0. The summed E-state index contributed by atoms with van der Waals surface area (Å²) in [4.78, 5) is 38.3. The van der Waals surface area contributed by atoms with Crippen LogP contribution in [-0.2, 0) is 28.6 Å². The molecule has 0 heterocycles. The van der Waals surface area contributed by atoms with E-state index < -0.39 is 6.10 Å². The molecule has 0 bridgehead atoms. The zero-order valence-corrected chi connectivity index (χ0v) is 49.0. The Kier molecular flexibility index (Phi) is 59.3. The summed E-state index contributed by atoms with van der Waals surface area (Å²) in [7, 11) is 0. The molecular formula is C69H116O6. The minimum Gasteiger partial charge on any atom is -0.462 e. The highest BCUT2D eigenvalue weighted by Gasteiger charge is 2.19. The molecule has 0 fully saturated rings. The summed E-state index contributed by atoms with van der Waals surface area (Å²) in [6.07, 6.45) is 85.1. The SMILES string of the molecule is CC/C=C\C/C=C\C/C=C\CCCCCCCC(=O)OCC(COC(=O)CCCCCCCCCC/C=C\C/C=C\C/C=C\CCCCCCC)OC(=O)CCCCCCCC/C=C\C/C=C\C/C=C\CCCCC. The van der Waals surface area contributed by atoms with Crippen molar-refractivity contribution in [2.45, 2.75) is 297 Å². The molecule has 0 aromatic heterocycles. The molecule has 0 N–H and O–H groups in total. The highest BCUT2D eigenvalue weighted by molar-refractivity contribution is 5.71. The van der Waals surface area contributed by atoms with E-state index in [0.717, 1.165) is 141 Å². The molecule has 1 atom stereocenters. The number of hydrogen-bond acceptors (Lipinski definition) is 6. The molecule has 0 radical (unpaired) electrons. The summed E-state index contributed by atoms with van der Waals surface area (Å²) in [5.41, 5.74) is 0. The third-order valence-electron chi connectivity index (χ3n) is 13.2. The van der Waals surface area contributed by atoms with E-state index in [4.69, 9.17) is 14.2 Å². The van der Waals surface area contributed by atoms with Crippen molar-refractivity contribution in [3.05, 3.63) is 109 Å². The second-order valence-electron chi connectivity index (χ2n) is 20.6. The van der Waals surface area contributed by atoms with Crippen molar-refractivity contribution in [1.29, 1.82) is 0 Å². The lowest BCUT2D eigenvalue weighted by Crippen LogP contribution is -2.30. The Morgan fingerprint density at radius 3 is 0.840 bits per heavy atom. The van der Waals surface area contributed by atoms with Gasteiger partial charge < -0.3 is 14.2 Å². The maximum atomic E-state index is 12.9. The maximum Gasteiger partial charge on any atom is 0.306 e. The molecule has 0 aliphatic heterocycles. The molecule has 0 aliphatic carbocycles. The maximum absolute atomic E-state index is 12.9. The smallest absolute Gasteiger partial charge is 0.306 e. The first-order valence-corrected chi connectivity index (χ1v) is 31.4. The lowest BCUT2D eigenvalue weighted by atomic mass is 10.1. The van der Waals surface area contributed by atoms with Crippen molar-refractivity contribution in [3.63, 3.8) is 0 Å². The summed E-state index contributed by atoms with van der Waals surface area (Å²) in [6, 6.07) is 0. The topological polar surface area (TPSA) is 78.9 Å². The first kappa shape index (κ1) is 71.1. The lowest BCUT2D eigenvalue weighted by molar-refractivity contribution is -0.167. The summed E-state index contributed by atoms with van der Waals surface area (Å²) >= 11 is 0. The predicted molar refractivity (Wildman–Crippen MR) is 325 cm³/mol. The van der Waals surface area contributed by atoms with Gasteiger partial charge in [-0.25, -0.2) is 0 Å². The second kappa shape index (κ2) is 62.6. The van der Waals surface area contributed by atoms with Crippen molar-refractivity contribution in [1.82, 2.24) is 0 Å². The van der Waals surface area contributed by atoms with Crippen molar-refractivity contribution < 1.29 is 28.6 Å². The minimum absolute atomic E-state index is 0.0942. The van der Waals surface area contributed by atoms with Crippen LogP contribution in [-0.4, -0.2) is 37.2 Å². The molecule has 6 heteroatoms. The standard InChI is InChI=1S/C69H116O6/c1-4-7-10-13-16-19-22-25-28-30-32-33-34-35-37-38-41-44-47-50-53-56-59-62-68(71)74-65-66(64-73-67(70)61-58-55-52-49-46-43-40-27-24-21-18-15-12-9-6-3)75-69(72)63-60-57-54-51-48-45-42-39-36-31-29-26-23-20-17-14-11-8-5-2/h9,12,17-18,20-22,25-27,29-30,32,34-36,39-40,66H,4-8,10-11,13-16,19,23-24,28,31,33,37-38,41-65H2,1-3H3/b12-9-,20-17-,21-18-,25-22-,29-26-,32-30-,35-34-,39-36-,40-27-. The number of carbonyl (C=O) groups is 3. The van der Waals surface area contributed by atoms with Crippen molar-refractivity contribution >= 4 is 17.9 Å². The minimum atomic E-state index is -0.799. The van der Waals surface area contributed by atoms with Gasteiger partial charge in [-0.1, -0.05) is 252 Å². The molecule has 0 saturated heterocycles. The number of unbranched alkanes of at least 4 members (excludes halogenated alkanes) is 27. The van der Waals surface area contributed by atoms with Gasteiger partial charge in [0.15, 0.2) is 6.10 Å². The molecule has 428 valence electrons. The fraction of sp³-hybridized carbons (Fsp3) is 0.696. The average Bonchev–Trinajstić information content (AvgIpc) is 3.41. The molecule has 0 aromatic rings. The third kappa shape index (κ3) is 60.8. The van der Waals surface area contributed by atoms with Crippen LogP contribution in [0.15, 0.2) is 109 Å². The number of rotatable bonds is 56. The van der Waals surface area contributed by atoms with Crippen molar-refractivity contribution in [2.24, 2.45) is 0 Å². The summed E-state index contributed by atoms with van der Waals surface area (Å²) < 4.78 is 16.9. The van der Waals surface area contributed by atoms with Gasteiger partial charge in [0.25, 0.3) is 0 Å². The number of esters is 3. The largest absolute Gasteiger partial charge is 0.462 e. The van der Waals surface area contributed by atoms with E-state index in [1.54, 1.807) is 0 Å². The van der Waals surface area contributed by atoms with Gasteiger partial charge in [-0.05, 0) is 128 Å². The van der Waals surface area contributed by atoms with Crippen LogP contribution in [0.5, 0.6) is 0 Å². The molecule has 0 amide bonds. The van der Waals surface area contributed by atoms with E-state index in [2.05, 4.69) is 130 Å². The van der Waals surface area contributed by atoms with E-state index in [9.17, 15) is 14.4 Å². The summed E-state index contributed by atoms with van der Waals surface area (Å²) in [5, 5.41) is 0. The normalized spacial score (nSPS) is 12.8. The number of allylic oxidation sites excluding steroid dienone is 18. The molecule has 75 heavy (non-hydrogen) atoms. The zero-order chi connectivity index (χ0) is 54.3. The monoisotopic (exact) mass is 1040 g/mol. The lowest BCUT2D eigenvalue weighted by Gasteiger charge is -2.18. The Hall–Kier alpha value is -3.93. The Bertz CT molecular complexity index is 1520. The van der Waals surface area contributed by atoms with E-state index in [1.807, 2.05) is 0 Å². The van der Waals surface area contributed by atoms with Gasteiger partial charge in [0.05, 0.1) is 0 Å². The third-order valence-corrected chi connectivity index (χ3v) is 13.2. The van der Waals surface area contributed by atoms with Crippen LogP contribution in [0.1, 0.15) is 290 Å². The highest BCUT2D eigenvalue weighted by atomic mass is 16.6. The van der Waals surface area contributed by atoms with Gasteiger partial charge in [0.2, 0.25) is 0 Å². The first-order chi connectivity index (χ1) is 37.0. The van der Waals surface area contributed by atoms with Crippen LogP contribution in [0.3, 0.4) is 0 Å². The Morgan fingerprint density at radius 1 is 0.280 bits per heavy atom. The van der Waals surface area contributed by atoms with Crippen LogP contribution in [0.4, 0.5) is 0 Å². The van der Waals surface area contributed by atoms with Crippen LogP contribution >= 0.6 is 0 Å². The van der Waals surface area contributed by atoms with Gasteiger partial charge in [-0.2, -0.15) is 0 Å². The molecule has 6 nitrogen and oxygen atoms in total. The van der Waals surface area contributed by atoms with Crippen LogP contribution in [0.25, 0.3) is 0 Å². The van der Waals surface area contributed by atoms with E-state index in [1.165, 1.54) is 109 Å². The molecule has 0 spiro atoms. The fourth-order valence-corrected chi connectivity index (χ4v) is 8.53. The Labute approximate surface area is 463 Å². The van der Waals surface area contributed by atoms with Crippen LogP contribution in [0, 0.1) is 0 Å². The molecular weight excluding hydrogens is 925 g/mol. The Balaban J connectivity index is 4.43. The summed E-state index contributed by atoms with van der Waals surface area (Å²) in [5.74, 6) is -0.926. The highest BCUT2D eigenvalue weighted by Crippen LogP contribution is 2.15. The van der Waals surface area contributed by atoms with Crippen LogP contribution < -0.4 is 0 Å². The van der Waals surface area contributed by atoms with E-state index >= 15 is 0 Å². The number of ether oxygens (including phenoxy) is 3. The van der Waals surface area contributed by atoms with Gasteiger partial charge >= 0.3 is 17.9 Å². The van der Waals surface area contributed by atoms with Gasteiger partial charge in [-0.3, -0.25) is 14.4 Å². The van der Waals surface area contributed by atoms with Gasteiger partial charge in [0, 0.05) is 19.3 Å². The van der Waals surface area contributed by atoms with E-state index in [0.29, 0.717) is 19.3 Å². The van der Waals surface area contributed by atoms with Gasteiger partial charge in [0.1, 0.15) is 13.2 Å². The molecule has 0 rings (SSSR count). The quantitative estimate of drug-likeness (QED) is 0.0261. The van der Waals surface area contributed by atoms with E-state index in [-0.39, 0.29) is 31.1 Å². The zero-order valence-electron chi connectivity index (χ0n) is 49.0. The van der Waals surface area contributed by atoms with Gasteiger partial charge in [-0.15, -0.1) is 0 Å². The van der Waals surface area contributed by atoms with Crippen molar-refractivity contribution in [3.8, 4) is 0 Å². The molecule has 0 saturated carbocycles. The van der Waals surface area contributed by atoms with Crippen LogP contribution in [0.2, 0.25) is 0 Å². The predicted octanol–water partition coefficient (Wildman–Crippen LogP) is 21.4. The fourth-order valence-electron chi connectivity index (χ4n) is 8.53. The van der Waals surface area contributed by atoms with Crippen molar-refractivity contribution in [2.75, 3.05) is 13.2 Å².